The molecule has 0 bridgehead atoms. The Hall–Kier alpha value is -0.280. The Kier molecular flexibility index (Phi) is 4.69. The van der Waals surface area contributed by atoms with Gasteiger partial charge in [-0.15, -0.1) is 0 Å². The molecule has 1 N–H and O–H groups in total. The van der Waals surface area contributed by atoms with Crippen LogP contribution in [0.1, 0.15) is 18.4 Å². The summed E-state index contributed by atoms with van der Waals surface area (Å²) in [6.45, 7) is 3.11. The van der Waals surface area contributed by atoms with Gasteiger partial charge in [0.15, 0.2) is 0 Å². The normalized spacial score (nSPS) is 21.7. The molecule has 2 rings (SSSR count). The van der Waals surface area contributed by atoms with Gasteiger partial charge in [-0.1, -0.05) is 23.2 Å². The predicted octanol–water partition coefficient (Wildman–Crippen LogP) is 3.20. The molecule has 1 unspecified atom stereocenters. The number of benzene rings is 1. The maximum Gasteiger partial charge on any atom is 0.0471 e. The van der Waals surface area contributed by atoms with Crippen LogP contribution in [0.3, 0.4) is 0 Å². The van der Waals surface area contributed by atoms with Crippen LogP contribution in [0.5, 0.6) is 0 Å². The van der Waals surface area contributed by atoms with Crippen LogP contribution in [0.2, 0.25) is 10.0 Å². The van der Waals surface area contributed by atoms with Gasteiger partial charge in [-0.3, -0.25) is 4.90 Å². The van der Waals surface area contributed by atoms with E-state index in [1.54, 1.807) is 6.07 Å². The second kappa shape index (κ2) is 6.05. The highest BCUT2D eigenvalue weighted by atomic mass is 35.5. The Balaban J connectivity index is 2.02. The molecule has 0 amide bonds. The van der Waals surface area contributed by atoms with Gasteiger partial charge in [0, 0.05) is 29.7 Å². The van der Waals surface area contributed by atoms with Gasteiger partial charge >= 0.3 is 0 Å². The second-order valence-electron chi connectivity index (χ2n) is 4.66. The molecule has 1 aromatic carbocycles. The van der Waals surface area contributed by atoms with E-state index in [1.807, 2.05) is 12.1 Å². The first kappa shape index (κ1) is 13.2. The SMILES string of the molecule is OCC1CCCN(Cc2cc(Cl)ccc2Cl)C1. The van der Waals surface area contributed by atoms with E-state index in [0.29, 0.717) is 5.92 Å². The van der Waals surface area contributed by atoms with Crippen LogP contribution in [-0.2, 0) is 6.54 Å². The van der Waals surface area contributed by atoms with Gasteiger partial charge < -0.3 is 5.11 Å². The zero-order chi connectivity index (χ0) is 12.3. The van der Waals surface area contributed by atoms with Crippen molar-refractivity contribution in [2.75, 3.05) is 19.7 Å². The van der Waals surface area contributed by atoms with Crippen LogP contribution in [-0.4, -0.2) is 29.7 Å². The Morgan fingerprint density at radius 3 is 2.94 bits per heavy atom. The molecule has 2 nitrogen and oxygen atoms in total. The van der Waals surface area contributed by atoms with Gasteiger partial charge in [0.1, 0.15) is 0 Å². The van der Waals surface area contributed by atoms with Gasteiger partial charge in [-0.05, 0) is 49.1 Å². The van der Waals surface area contributed by atoms with Crippen molar-refractivity contribution in [2.45, 2.75) is 19.4 Å². The first-order chi connectivity index (χ1) is 8.19. The standard InChI is InChI=1S/C13H17Cl2NO/c14-12-3-4-13(15)11(6-12)8-16-5-1-2-10(7-16)9-17/h3-4,6,10,17H,1-2,5,7-9H2. The monoisotopic (exact) mass is 273 g/mol. The molecule has 17 heavy (non-hydrogen) atoms. The fourth-order valence-corrected chi connectivity index (χ4v) is 2.72. The third-order valence-corrected chi connectivity index (χ3v) is 3.87. The average molecular weight is 274 g/mol. The van der Waals surface area contributed by atoms with Crippen molar-refractivity contribution in [1.29, 1.82) is 0 Å². The smallest absolute Gasteiger partial charge is 0.0471 e. The van der Waals surface area contributed by atoms with Crippen LogP contribution in [0.4, 0.5) is 0 Å². The minimum Gasteiger partial charge on any atom is -0.396 e. The molecule has 1 aliphatic heterocycles. The fraction of sp³-hybridized carbons (Fsp3) is 0.538. The summed E-state index contributed by atoms with van der Waals surface area (Å²) in [7, 11) is 0. The molecule has 1 atom stereocenters. The highest BCUT2D eigenvalue weighted by Gasteiger charge is 2.19. The summed E-state index contributed by atoms with van der Waals surface area (Å²) in [5, 5.41) is 10.7. The topological polar surface area (TPSA) is 23.5 Å². The third-order valence-electron chi connectivity index (χ3n) is 3.26. The Bertz CT molecular complexity index is 384. The van der Waals surface area contributed by atoms with Crippen molar-refractivity contribution >= 4 is 23.2 Å². The van der Waals surface area contributed by atoms with Crippen LogP contribution in [0.25, 0.3) is 0 Å². The number of piperidine rings is 1. The van der Waals surface area contributed by atoms with E-state index in [1.165, 1.54) is 0 Å². The van der Waals surface area contributed by atoms with Gasteiger partial charge in [0.2, 0.25) is 0 Å². The first-order valence-electron chi connectivity index (χ1n) is 5.96. The lowest BCUT2D eigenvalue weighted by Crippen LogP contribution is -2.36. The van der Waals surface area contributed by atoms with E-state index >= 15 is 0 Å². The van der Waals surface area contributed by atoms with Crippen molar-refractivity contribution in [1.82, 2.24) is 4.90 Å². The Morgan fingerprint density at radius 1 is 1.35 bits per heavy atom. The highest BCUT2D eigenvalue weighted by molar-refractivity contribution is 6.33. The quantitative estimate of drug-likeness (QED) is 0.915. The highest BCUT2D eigenvalue weighted by Crippen LogP contribution is 2.24. The number of likely N-dealkylation sites (tertiary alicyclic amines) is 1. The number of aliphatic hydroxyl groups excluding tert-OH is 1. The molecular formula is C13H17Cl2NO. The Labute approximate surface area is 112 Å². The molecule has 1 fully saturated rings. The lowest BCUT2D eigenvalue weighted by molar-refractivity contribution is 0.116. The Morgan fingerprint density at radius 2 is 2.18 bits per heavy atom. The summed E-state index contributed by atoms with van der Waals surface area (Å²) in [5.41, 5.74) is 1.07. The molecule has 1 saturated heterocycles. The summed E-state index contributed by atoms with van der Waals surface area (Å²) < 4.78 is 0. The van der Waals surface area contributed by atoms with Gasteiger partial charge in [-0.25, -0.2) is 0 Å². The van der Waals surface area contributed by atoms with E-state index in [2.05, 4.69) is 4.90 Å². The largest absolute Gasteiger partial charge is 0.396 e. The molecule has 0 aliphatic carbocycles. The summed E-state index contributed by atoms with van der Waals surface area (Å²) in [6.07, 6.45) is 2.26. The molecule has 1 aromatic rings. The number of hydrogen-bond donors (Lipinski definition) is 1. The molecular weight excluding hydrogens is 257 g/mol. The van der Waals surface area contributed by atoms with E-state index < -0.39 is 0 Å². The van der Waals surface area contributed by atoms with Crippen molar-refractivity contribution < 1.29 is 5.11 Å². The number of aliphatic hydroxyl groups is 1. The van der Waals surface area contributed by atoms with Crippen molar-refractivity contribution in [2.24, 2.45) is 5.92 Å². The molecule has 0 radical (unpaired) electrons. The van der Waals surface area contributed by atoms with E-state index in [0.717, 1.165) is 48.1 Å². The van der Waals surface area contributed by atoms with Crippen molar-refractivity contribution in [3.63, 3.8) is 0 Å². The summed E-state index contributed by atoms with van der Waals surface area (Å²) >= 11 is 12.1. The van der Waals surface area contributed by atoms with E-state index in [4.69, 9.17) is 23.2 Å². The van der Waals surface area contributed by atoms with Crippen LogP contribution < -0.4 is 0 Å². The lowest BCUT2D eigenvalue weighted by Gasteiger charge is -2.32. The van der Waals surface area contributed by atoms with E-state index in [9.17, 15) is 5.11 Å². The minimum atomic E-state index is 0.278. The molecule has 4 heteroatoms. The van der Waals surface area contributed by atoms with Gasteiger partial charge in [0.05, 0.1) is 0 Å². The molecule has 0 aromatic heterocycles. The minimum absolute atomic E-state index is 0.278. The number of hydrogen-bond acceptors (Lipinski definition) is 2. The number of halogens is 2. The summed E-state index contributed by atoms with van der Waals surface area (Å²) in [4.78, 5) is 2.34. The molecule has 0 saturated carbocycles. The van der Waals surface area contributed by atoms with Crippen molar-refractivity contribution in [3.8, 4) is 0 Å². The maximum absolute atomic E-state index is 9.20. The second-order valence-corrected chi connectivity index (χ2v) is 5.51. The van der Waals surface area contributed by atoms with Crippen molar-refractivity contribution in [3.05, 3.63) is 33.8 Å². The zero-order valence-electron chi connectivity index (χ0n) is 9.70. The fourth-order valence-electron chi connectivity index (χ4n) is 2.35. The predicted molar refractivity (Wildman–Crippen MR) is 71.5 cm³/mol. The number of rotatable bonds is 3. The molecule has 1 aliphatic rings. The van der Waals surface area contributed by atoms with Gasteiger partial charge in [-0.2, -0.15) is 0 Å². The zero-order valence-corrected chi connectivity index (χ0v) is 11.2. The van der Waals surface area contributed by atoms with Crippen LogP contribution in [0, 0.1) is 5.92 Å². The van der Waals surface area contributed by atoms with Gasteiger partial charge in [0.25, 0.3) is 0 Å². The number of nitrogens with zero attached hydrogens (tertiary/aromatic N) is 1. The van der Waals surface area contributed by atoms with Crippen LogP contribution >= 0.6 is 23.2 Å². The summed E-state index contributed by atoms with van der Waals surface area (Å²) in [6, 6.07) is 5.57. The average Bonchev–Trinajstić information content (AvgIpc) is 2.34. The molecule has 0 spiro atoms. The molecule has 94 valence electrons. The first-order valence-corrected chi connectivity index (χ1v) is 6.72. The summed E-state index contributed by atoms with van der Waals surface area (Å²) in [5.74, 6) is 0.404. The maximum atomic E-state index is 9.20. The molecule has 1 heterocycles. The lowest BCUT2D eigenvalue weighted by atomic mass is 9.98. The third kappa shape index (κ3) is 3.59. The van der Waals surface area contributed by atoms with E-state index in [-0.39, 0.29) is 6.61 Å². The van der Waals surface area contributed by atoms with Crippen LogP contribution in [0.15, 0.2) is 18.2 Å².